The first-order valence-corrected chi connectivity index (χ1v) is 11.9. The van der Waals surface area contributed by atoms with Crippen molar-refractivity contribution < 1.29 is 4.79 Å². The Labute approximate surface area is 198 Å². The van der Waals surface area contributed by atoms with Crippen LogP contribution in [-0.2, 0) is 4.79 Å². The maximum absolute atomic E-state index is 13.9. The number of hydrogen-bond acceptors (Lipinski definition) is 3. The summed E-state index contributed by atoms with van der Waals surface area (Å²) in [6, 6.07) is 16.0. The number of amides is 1. The van der Waals surface area contributed by atoms with Gasteiger partial charge in [-0.05, 0) is 79.5 Å². The molecule has 172 valence electrons. The minimum Gasteiger partial charge on any atom is -0.334 e. The van der Waals surface area contributed by atoms with Crippen LogP contribution in [0.25, 0.3) is 23.3 Å². The van der Waals surface area contributed by atoms with Crippen LogP contribution in [0.1, 0.15) is 46.1 Å². The molecular weight excluding hydrogens is 406 g/mol. The van der Waals surface area contributed by atoms with Gasteiger partial charge in [0.05, 0.1) is 11.6 Å². The lowest BCUT2D eigenvalue weighted by Crippen LogP contribution is -2.45. The highest BCUT2D eigenvalue weighted by Gasteiger charge is 2.31. The summed E-state index contributed by atoms with van der Waals surface area (Å²) in [4.78, 5) is 18.4. The van der Waals surface area contributed by atoms with Crippen LogP contribution >= 0.6 is 0 Å². The van der Waals surface area contributed by atoms with E-state index < -0.39 is 0 Å². The molecule has 0 spiro atoms. The second-order valence-electron chi connectivity index (χ2n) is 8.98. The Hall–Kier alpha value is -3.16. The first-order valence-electron chi connectivity index (χ1n) is 11.9. The van der Waals surface area contributed by atoms with Crippen LogP contribution in [-0.4, -0.2) is 47.9 Å². The van der Waals surface area contributed by atoms with Gasteiger partial charge in [-0.1, -0.05) is 56.3 Å². The Morgan fingerprint density at radius 2 is 1.82 bits per heavy atom. The molecule has 2 aromatic carbocycles. The molecule has 1 amide bonds. The van der Waals surface area contributed by atoms with Gasteiger partial charge in [0.1, 0.15) is 0 Å². The standard InChI is InChI=1S/C29H35N3O/c1-6-31(7-2)20-26-9-8-16-32(26)29(33)28(17-21(3)4)27-18-25(13-10-22(27)5)24-14-11-23(19-30)12-15-24/h10-15,17-18,26H,5-9,16,20H2,1-4H3/b28-27+. The van der Waals surface area contributed by atoms with Crippen molar-refractivity contribution in [2.24, 2.45) is 0 Å². The zero-order valence-corrected chi connectivity index (χ0v) is 20.4. The van der Waals surface area contributed by atoms with E-state index >= 15 is 0 Å². The first-order chi connectivity index (χ1) is 15.9. The smallest absolute Gasteiger partial charge is 0.254 e. The molecule has 4 nitrogen and oxygen atoms in total. The van der Waals surface area contributed by atoms with E-state index in [0.29, 0.717) is 11.1 Å². The molecule has 1 aliphatic rings. The number of nitriles is 1. The maximum atomic E-state index is 13.9. The molecule has 1 fully saturated rings. The lowest BCUT2D eigenvalue weighted by Gasteiger charge is -2.30. The average Bonchev–Trinajstić information content (AvgIpc) is 3.29. The molecule has 1 aliphatic heterocycles. The number of likely N-dealkylation sites (N-methyl/N-ethyl adjacent to an activating group) is 1. The summed E-state index contributed by atoms with van der Waals surface area (Å²) < 4.78 is 0. The van der Waals surface area contributed by atoms with Gasteiger partial charge in [-0.3, -0.25) is 4.79 Å². The molecule has 3 rings (SSSR count). The highest BCUT2D eigenvalue weighted by Crippen LogP contribution is 2.22. The Morgan fingerprint density at radius 3 is 2.42 bits per heavy atom. The monoisotopic (exact) mass is 441 g/mol. The summed E-state index contributed by atoms with van der Waals surface area (Å²) in [5.74, 6) is 0.0905. The molecule has 0 radical (unpaired) electrons. The van der Waals surface area contributed by atoms with Gasteiger partial charge in [0.15, 0.2) is 0 Å². The van der Waals surface area contributed by atoms with Crippen LogP contribution < -0.4 is 10.4 Å². The molecule has 0 bridgehead atoms. The van der Waals surface area contributed by atoms with Crippen molar-refractivity contribution in [3.8, 4) is 17.2 Å². The van der Waals surface area contributed by atoms with E-state index in [1.165, 1.54) is 0 Å². The molecule has 0 saturated carbocycles. The summed E-state index contributed by atoms with van der Waals surface area (Å²) >= 11 is 0. The fourth-order valence-electron chi connectivity index (χ4n) is 4.51. The highest BCUT2D eigenvalue weighted by atomic mass is 16.2. The Morgan fingerprint density at radius 1 is 1.15 bits per heavy atom. The van der Waals surface area contributed by atoms with Crippen molar-refractivity contribution in [1.82, 2.24) is 9.80 Å². The van der Waals surface area contributed by atoms with Crippen molar-refractivity contribution in [2.45, 2.75) is 46.6 Å². The van der Waals surface area contributed by atoms with E-state index in [4.69, 9.17) is 5.26 Å². The third-order valence-corrected chi connectivity index (χ3v) is 6.41. The number of carbonyl (C=O) groups is 1. The van der Waals surface area contributed by atoms with Crippen LogP contribution in [0, 0.1) is 11.3 Å². The molecule has 0 aliphatic carbocycles. The number of likely N-dealkylation sites (tertiary alicyclic amines) is 1. The summed E-state index contributed by atoms with van der Waals surface area (Å²) in [7, 11) is 0. The van der Waals surface area contributed by atoms with Gasteiger partial charge in [-0.15, -0.1) is 0 Å². The number of hydrogen-bond donors (Lipinski definition) is 0. The third kappa shape index (κ3) is 5.80. The SMILES string of the molecule is C=c1ccc(-c2ccc(C#N)cc2)c/c1=C(/C=C(C)C)C(=O)N1CCCC1CN(CC)CC. The van der Waals surface area contributed by atoms with Crippen molar-refractivity contribution in [3.63, 3.8) is 0 Å². The zero-order valence-electron chi connectivity index (χ0n) is 20.4. The van der Waals surface area contributed by atoms with Crippen molar-refractivity contribution >= 4 is 18.1 Å². The average molecular weight is 442 g/mol. The molecule has 1 unspecified atom stereocenters. The Kier molecular flexibility index (Phi) is 8.25. The molecule has 1 saturated heterocycles. The summed E-state index contributed by atoms with van der Waals surface area (Å²) in [6.07, 6.45) is 4.09. The minimum atomic E-state index is 0.0905. The molecule has 2 aromatic rings. The number of carbonyl (C=O) groups excluding carboxylic acids is 1. The van der Waals surface area contributed by atoms with Crippen LogP contribution in [0.2, 0.25) is 0 Å². The van der Waals surface area contributed by atoms with Gasteiger partial charge in [-0.25, -0.2) is 0 Å². The highest BCUT2D eigenvalue weighted by molar-refractivity contribution is 6.17. The summed E-state index contributed by atoms with van der Waals surface area (Å²) in [5, 5.41) is 10.8. The first kappa shape index (κ1) is 24.5. The van der Waals surface area contributed by atoms with Gasteiger partial charge in [0, 0.05) is 24.7 Å². The predicted molar refractivity (Wildman–Crippen MR) is 137 cm³/mol. The zero-order chi connectivity index (χ0) is 24.0. The van der Waals surface area contributed by atoms with E-state index in [2.05, 4.69) is 42.4 Å². The number of benzene rings is 2. The van der Waals surface area contributed by atoms with Gasteiger partial charge in [-0.2, -0.15) is 5.26 Å². The predicted octanol–water partition coefficient (Wildman–Crippen LogP) is 4.09. The van der Waals surface area contributed by atoms with Crippen molar-refractivity contribution in [1.29, 1.82) is 5.26 Å². The molecular formula is C29H35N3O. The lowest BCUT2D eigenvalue weighted by molar-refractivity contribution is -0.126. The van der Waals surface area contributed by atoms with Crippen LogP contribution in [0.5, 0.6) is 0 Å². The maximum Gasteiger partial charge on any atom is 0.254 e. The fraction of sp³-hybridized carbons (Fsp3) is 0.379. The number of allylic oxidation sites excluding steroid dienone is 1. The van der Waals surface area contributed by atoms with Crippen LogP contribution in [0.4, 0.5) is 0 Å². The normalized spacial score (nSPS) is 16.5. The minimum absolute atomic E-state index is 0.0905. The fourth-order valence-corrected chi connectivity index (χ4v) is 4.51. The number of rotatable bonds is 7. The molecule has 1 atom stereocenters. The second-order valence-corrected chi connectivity index (χ2v) is 8.98. The molecule has 1 heterocycles. The second kappa shape index (κ2) is 11.1. The van der Waals surface area contributed by atoms with Gasteiger partial charge in [0.2, 0.25) is 0 Å². The topological polar surface area (TPSA) is 47.3 Å². The van der Waals surface area contributed by atoms with Gasteiger partial charge < -0.3 is 9.80 Å². The van der Waals surface area contributed by atoms with E-state index in [1.54, 1.807) is 0 Å². The van der Waals surface area contributed by atoms with Crippen molar-refractivity contribution in [2.75, 3.05) is 26.2 Å². The quantitative estimate of drug-likeness (QED) is 0.650. The van der Waals surface area contributed by atoms with E-state index in [9.17, 15) is 4.79 Å². The molecule has 33 heavy (non-hydrogen) atoms. The van der Waals surface area contributed by atoms with E-state index in [-0.39, 0.29) is 11.9 Å². The van der Waals surface area contributed by atoms with Crippen molar-refractivity contribution in [3.05, 3.63) is 70.1 Å². The Bertz CT molecular complexity index is 1160. The van der Waals surface area contributed by atoms with E-state index in [1.807, 2.05) is 56.3 Å². The molecule has 0 aromatic heterocycles. The largest absolute Gasteiger partial charge is 0.334 e. The lowest BCUT2D eigenvalue weighted by atomic mass is 9.99. The van der Waals surface area contributed by atoms with Crippen LogP contribution in [0.3, 0.4) is 0 Å². The number of nitrogens with zero attached hydrogens (tertiary/aromatic N) is 3. The Balaban J connectivity index is 2.08. The van der Waals surface area contributed by atoms with Gasteiger partial charge >= 0.3 is 0 Å². The van der Waals surface area contributed by atoms with Gasteiger partial charge in [0.25, 0.3) is 5.91 Å². The van der Waals surface area contributed by atoms with E-state index in [0.717, 1.165) is 66.2 Å². The molecule has 0 N–H and O–H groups in total. The third-order valence-electron chi connectivity index (χ3n) is 6.41. The van der Waals surface area contributed by atoms with Crippen LogP contribution in [0.15, 0.2) is 54.1 Å². The summed E-state index contributed by atoms with van der Waals surface area (Å²) in [6.45, 7) is 16.4. The summed E-state index contributed by atoms with van der Waals surface area (Å²) in [5.41, 5.74) is 4.45. The molecule has 4 heteroatoms.